The number of hydrogen-bond acceptors (Lipinski definition) is 4. The van der Waals surface area contributed by atoms with Crippen LogP contribution >= 0.6 is 0 Å². The van der Waals surface area contributed by atoms with Crippen molar-refractivity contribution in [3.8, 4) is 5.75 Å². The summed E-state index contributed by atoms with van der Waals surface area (Å²) in [5.41, 5.74) is 1.05. The maximum atomic E-state index is 11.8. The Balaban J connectivity index is 2.39. The van der Waals surface area contributed by atoms with Crippen molar-refractivity contribution in [1.29, 1.82) is 0 Å². The fourth-order valence-corrected chi connectivity index (χ4v) is 2.33. The van der Waals surface area contributed by atoms with E-state index in [4.69, 9.17) is 9.47 Å². The van der Waals surface area contributed by atoms with Crippen molar-refractivity contribution in [2.24, 2.45) is 0 Å². The Morgan fingerprint density at radius 2 is 2.22 bits per heavy atom. The van der Waals surface area contributed by atoms with E-state index >= 15 is 0 Å². The molecule has 1 aromatic rings. The van der Waals surface area contributed by atoms with Gasteiger partial charge < -0.3 is 14.6 Å². The summed E-state index contributed by atoms with van der Waals surface area (Å²) in [4.78, 5) is 11.8. The second-order valence-electron chi connectivity index (χ2n) is 4.71. The minimum absolute atomic E-state index is 0.0797. The number of benzene rings is 1. The van der Waals surface area contributed by atoms with E-state index in [2.05, 4.69) is 0 Å². The third kappa shape index (κ3) is 2.02. The molecule has 0 aliphatic heterocycles. The molecule has 0 unspecified atom stereocenters. The van der Waals surface area contributed by atoms with Crippen LogP contribution in [-0.4, -0.2) is 31.4 Å². The molecule has 1 aliphatic rings. The first-order valence-corrected chi connectivity index (χ1v) is 6.01. The largest absolute Gasteiger partial charge is 0.467 e. The molecule has 4 nitrogen and oxygen atoms in total. The SMILES string of the molecule is COCOc1cc(C)ccc1[C@]1(CO)CCC1=O. The van der Waals surface area contributed by atoms with Crippen LogP contribution in [0.3, 0.4) is 0 Å². The zero-order valence-electron chi connectivity index (χ0n) is 10.7. The number of carbonyl (C=O) groups is 1. The molecule has 0 saturated heterocycles. The van der Waals surface area contributed by atoms with Crippen molar-refractivity contribution in [3.05, 3.63) is 29.3 Å². The van der Waals surface area contributed by atoms with Crippen molar-refractivity contribution in [2.75, 3.05) is 20.5 Å². The van der Waals surface area contributed by atoms with Gasteiger partial charge in [-0.05, 0) is 25.0 Å². The fraction of sp³-hybridized carbons (Fsp3) is 0.500. The Labute approximate surface area is 107 Å². The minimum atomic E-state index is -0.767. The number of aliphatic hydroxyl groups excluding tert-OH is 1. The Bertz CT molecular complexity index is 451. The number of hydrogen-bond donors (Lipinski definition) is 1. The maximum absolute atomic E-state index is 11.8. The molecule has 0 aromatic heterocycles. The predicted molar refractivity (Wildman–Crippen MR) is 66.7 cm³/mol. The highest BCUT2D eigenvalue weighted by molar-refractivity contribution is 5.96. The van der Waals surface area contributed by atoms with Crippen LogP contribution in [0.25, 0.3) is 0 Å². The van der Waals surface area contributed by atoms with Gasteiger partial charge in [0.15, 0.2) is 6.79 Å². The first kappa shape index (κ1) is 13.1. The van der Waals surface area contributed by atoms with Crippen LogP contribution in [0.1, 0.15) is 24.0 Å². The molecule has 18 heavy (non-hydrogen) atoms. The number of aryl methyl sites for hydroxylation is 1. The molecule has 1 aliphatic carbocycles. The van der Waals surface area contributed by atoms with Gasteiger partial charge in [0.1, 0.15) is 11.5 Å². The lowest BCUT2D eigenvalue weighted by atomic mass is 9.63. The zero-order chi connectivity index (χ0) is 13.2. The first-order chi connectivity index (χ1) is 8.64. The van der Waals surface area contributed by atoms with Crippen LogP contribution in [0.4, 0.5) is 0 Å². The van der Waals surface area contributed by atoms with Crippen LogP contribution in [0.2, 0.25) is 0 Å². The van der Waals surface area contributed by atoms with Gasteiger partial charge in [-0.25, -0.2) is 0 Å². The zero-order valence-corrected chi connectivity index (χ0v) is 10.7. The van der Waals surface area contributed by atoms with Gasteiger partial charge in [0.25, 0.3) is 0 Å². The van der Waals surface area contributed by atoms with Gasteiger partial charge in [-0.2, -0.15) is 0 Å². The van der Waals surface area contributed by atoms with E-state index in [0.717, 1.165) is 11.1 Å². The summed E-state index contributed by atoms with van der Waals surface area (Å²) in [6, 6.07) is 5.67. The Morgan fingerprint density at radius 3 is 2.72 bits per heavy atom. The number of Topliss-reactive ketones (excluding diaryl/α,β-unsaturated/α-hetero) is 1. The van der Waals surface area contributed by atoms with E-state index in [-0.39, 0.29) is 19.2 Å². The molecule has 1 atom stereocenters. The summed E-state index contributed by atoms with van der Waals surface area (Å²) in [6.07, 6.45) is 1.20. The predicted octanol–water partition coefficient (Wildman–Crippen LogP) is 1.57. The number of aliphatic hydroxyl groups is 1. The smallest absolute Gasteiger partial charge is 0.188 e. The highest BCUT2D eigenvalue weighted by Gasteiger charge is 2.48. The summed E-state index contributed by atoms with van der Waals surface area (Å²) in [6.45, 7) is 1.92. The molecule has 98 valence electrons. The Hall–Kier alpha value is -1.39. The quantitative estimate of drug-likeness (QED) is 0.806. The van der Waals surface area contributed by atoms with Crippen LogP contribution in [-0.2, 0) is 14.9 Å². The molecular weight excluding hydrogens is 232 g/mol. The molecule has 2 rings (SSSR count). The van der Waals surface area contributed by atoms with Gasteiger partial charge in [0.05, 0.1) is 12.0 Å². The van der Waals surface area contributed by atoms with Crippen LogP contribution < -0.4 is 4.74 Å². The summed E-state index contributed by atoms with van der Waals surface area (Å²) >= 11 is 0. The molecule has 1 saturated carbocycles. The first-order valence-electron chi connectivity index (χ1n) is 6.01. The molecule has 4 heteroatoms. The maximum Gasteiger partial charge on any atom is 0.188 e. The van der Waals surface area contributed by atoms with Crippen LogP contribution in [0.15, 0.2) is 18.2 Å². The van der Waals surface area contributed by atoms with E-state index in [1.54, 1.807) is 7.11 Å². The molecular formula is C14H18O4. The lowest BCUT2D eigenvalue weighted by Crippen LogP contribution is -2.48. The van der Waals surface area contributed by atoms with E-state index in [1.165, 1.54) is 0 Å². The topological polar surface area (TPSA) is 55.8 Å². The van der Waals surface area contributed by atoms with Crippen LogP contribution in [0.5, 0.6) is 5.75 Å². The number of ether oxygens (including phenoxy) is 2. The second kappa shape index (κ2) is 5.08. The van der Waals surface area contributed by atoms with Crippen molar-refractivity contribution in [1.82, 2.24) is 0 Å². The highest BCUT2D eigenvalue weighted by atomic mass is 16.7. The molecule has 0 amide bonds. The van der Waals surface area contributed by atoms with Crippen molar-refractivity contribution in [2.45, 2.75) is 25.2 Å². The fourth-order valence-electron chi connectivity index (χ4n) is 2.33. The minimum Gasteiger partial charge on any atom is -0.467 e. The molecule has 0 radical (unpaired) electrons. The van der Waals surface area contributed by atoms with Gasteiger partial charge >= 0.3 is 0 Å². The van der Waals surface area contributed by atoms with Crippen molar-refractivity contribution in [3.63, 3.8) is 0 Å². The van der Waals surface area contributed by atoms with Gasteiger partial charge in [-0.3, -0.25) is 4.79 Å². The summed E-state index contributed by atoms with van der Waals surface area (Å²) in [5, 5.41) is 9.57. The molecule has 0 heterocycles. The lowest BCUT2D eigenvalue weighted by Gasteiger charge is -2.39. The Kier molecular flexibility index (Phi) is 3.68. The number of rotatable bonds is 5. The molecule has 1 aromatic carbocycles. The average molecular weight is 250 g/mol. The number of ketones is 1. The van der Waals surface area contributed by atoms with Gasteiger partial charge in [-0.15, -0.1) is 0 Å². The third-order valence-electron chi connectivity index (χ3n) is 3.57. The van der Waals surface area contributed by atoms with E-state index in [9.17, 15) is 9.90 Å². The number of methoxy groups -OCH3 is 1. The number of carbonyl (C=O) groups excluding carboxylic acids is 1. The molecule has 0 bridgehead atoms. The summed E-state index contributed by atoms with van der Waals surface area (Å²) in [5.74, 6) is 0.704. The molecule has 1 N–H and O–H groups in total. The van der Waals surface area contributed by atoms with Crippen molar-refractivity contribution >= 4 is 5.78 Å². The normalized spacial score (nSPS) is 22.7. The Morgan fingerprint density at radius 1 is 1.44 bits per heavy atom. The molecule has 0 spiro atoms. The van der Waals surface area contributed by atoms with Gasteiger partial charge in [0.2, 0.25) is 0 Å². The highest BCUT2D eigenvalue weighted by Crippen LogP contribution is 2.44. The summed E-state index contributed by atoms with van der Waals surface area (Å²) in [7, 11) is 1.55. The second-order valence-corrected chi connectivity index (χ2v) is 4.71. The standard InChI is InChI=1S/C14H18O4/c1-10-3-4-11(12(7-10)18-9-17-2)14(8-15)6-5-13(14)16/h3-4,7,15H,5-6,8-9H2,1-2H3/t14-/m1/s1. The monoisotopic (exact) mass is 250 g/mol. The van der Waals surface area contributed by atoms with Gasteiger partial charge in [0, 0.05) is 19.1 Å². The van der Waals surface area contributed by atoms with E-state index in [0.29, 0.717) is 18.6 Å². The average Bonchev–Trinajstić information content (AvgIpc) is 2.37. The van der Waals surface area contributed by atoms with Crippen LogP contribution in [0, 0.1) is 6.92 Å². The molecule has 1 fully saturated rings. The van der Waals surface area contributed by atoms with E-state index < -0.39 is 5.41 Å². The third-order valence-corrected chi connectivity index (χ3v) is 3.57. The summed E-state index contributed by atoms with van der Waals surface area (Å²) < 4.78 is 10.4. The van der Waals surface area contributed by atoms with E-state index in [1.807, 2.05) is 25.1 Å². The lowest BCUT2D eigenvalue weighted by molar-refractivity contribution is -0.134. The van der Waals surface area contributed by atoms with Gasteiger partial charge in [-0.1, -0.05) is 12.1 Å². The van der Waals surface area contributed by atoms with Crippen molar-refractivity contribution < 1.29 is 19.4 Å².